The van der Waals surface area contributed by atoms with Crippen molar-refractivity contribution in [2.24, 2.45) is 0 Å². The number of benzene rings is 1. The van der Waals surface area contributed by atoms with Crippen LogP contribution in [0.3, 0.4) is 0 Å². The number of hydrogen-bond acceptors (Lipinski definition) is 2. The van der Waals surface area contributed by atoms with Crippen LogP contribution in [0.25, 0.3) is 5.69 Å². The van der Waals surface area contributed by atoms with Crippen LogP contribution in [0.5, 0.6) is 0 Å². The standard InChI is InChI=1S/C10H9F2N3/c1-6-14-2-3-15(6)10-8(11)4-7(13)5-9(10)12/h2-5H,13H2,1H3. The Bertz CT molecular complexity index is 482. The molecular formula is C10H9F2N3. The number of rotatable bonds is 1. The molecule has 0 radical (unpaired) electrons. The van der Waals surface area contributed by atoms with E-state index in [0.717, 1.165) is 12.1 Å². The van der Waals surface area contributed by atoms with Crippen LogP contribution >= 0.6 is 0 Å². The summed E-state index contributed by atoms with van der Waals surface area (Å²) in [5.41, 5.74) is 5.22. The monoisotopic (exact) mass is 209 g/mol. The van der Waals surface area contributed by atoms with E-state index in [-0.39, 0.29) is 11.4 Å². The summed E-state index contributed by atoms with van der Waals surface area (Å²) in [4.78, 5) is 3.90. The lowest BCUT2D eigenvalue weighted by Gasteiger charge is -2.08. The smallest absolute Gasteiger partial charge is 0.152 e. The number of hydrogen-bond donors (Lipinski definition) is 1. The van der Waals surface area contributed by atoms with Crippen molar-refractivity contribution in [2.75, 3.05) is 5.73 Å². The molecule has 5 heteroatoms. The van der Waals surface area contributed by atoms with Gasteiger partial charge < -0.3 is 5.73 Å². The highest BCUT2D eigenvalue weighted by Crippen LogP contribution is 2.21. The fourth-order valence-corrected chi connectivity index (χ4v) is 1.43. The average Bonchev–Trinajstić information content (AvgIpc) is 2.50. The second kappa shape index (κ2) is 3.34. The van der Waals surface area contributed by atoms with E-state index in [2.05, 4.69) is 4.98 Å². The molecule has 0 atom stereocenters. The van der Waals surface area contributed by atoms with Gasteiger partial charge in [-0.1, -0.05) is 0 Å². The van der Waals surface area contributed by atoms with E-state index >= 15 is 0 Å². The lowest BCUT2D eigenvalue weighted by Crippen LogP contribution is -2.03. The lowest BCUT2D eigenvalue weighted by atomic mass is 10.2. The SMILES string of the molecule is Cc1nccn1-c1c(F)cc(N)cc1F. The van der Waals surface area contributed by atoms with Crippen molar-refractivity contribution in [3.8, 4) is 5.69 Å². The van der Waals surface area contributed by atoms with Crippen molar-refractivity contribution in [2.45, 2.75) is 6.92 Å². The average molecular weight is 209 g/mol. The van der Waals surface area contributed by atoms with Crippen LogP contribution in [0, 0.1) is 18.6 Å². The molecule has 1 heterocycles. The second-order valence-electron chi connectivity index (χ2n) is 3.18. The van der Waals surface area contributed by atoms with Gasteiger partial charge in [-0.3, -0.25) is 4.57 Å². The minimum Gasteiger partial charge on any atom is -0.399 e. The molecule has 0 aliphatic carbocycles. The zero-order valence-electron chi connectivity index (χ0n) is 8.04. The Hall–Kier alpha value is -1.91. The molecule has 2 N–H and O–H groups in total. The number of aryl methyl sites for hydroxylation is 1. The van der Waals surface area contributed by atoms with Gasteiger partial charge in [0.1, 0.15) is 11.5 Å². The summed E-state index contributed by atoms with van der Waals surface area (Å²) in [6.07, 6.45) is 2.97. The third-order valence-corrected chi connectivity index (χ3v) is 2.11. The van der Waals surface area contributed by atoms with Gasteiger partial charge in [-0.2, -0.15) is 0 Å². The van der Waals surface area contributed by atoms with Crippen LogP contribution in [0.1, 0.15) is 5.82 Å². The molecule has 0 aliphatic heterocycles. The first-order chi connectivity index (χ1) is 7.09. The Kier molecular flexibility index (Phi) is 2.15. The first-order valence-corrected chi connectivity index (χ1v) is 4.34. The summed E-state index contributed by atoms with van der Waals surface area (Å²) in [5, 5.41) is 0. The fourth-order valence-electron chi connectivity index (χ4n) is 1.43. The molecule has 0 aliphatic rings. The molecule has 15 heavy (non-hydrogen) atoms. The van der Waals surface area contributed by atoms with Gasteiger partial charge in [-0.05, 0) is 19.1 Å². The molecule has 2 aromatic rings. The summed E-state index contributed by atoms with van der Waals surface area (Å²) in [6.45, 7) is 1.66. The molecule has 1 aromatic heterocycles. The molecule has 0 unspecified atom stereocenters. The summed E-state index contributed by atoms with van der Waals surface area (Å²) in [6, 6.07) is 2.16. The molecule has 1 aromatic carbocycles. The van der Waals surface area contributed by atoms with Gasteiger partial charge in [0, 0.05) is 18.1 Å². The van der Waals surface area contributed by atoms with E-state index in [4.69, 9.17) is 5.73 Å². The maximum absolute atomic E-state index is 13.5. The zero-order valence-corrected chi connectivity index (χ0v) is 8.04. The highest BCUT2D eigenvalue weighted by Gasteiger charge is 2.13. The van der Waals surface area contributed by atoms with Crippen molar-refractivity contribution in [1.82, 2.24) is 9.55 Å². The maximum atomic E-state index is 13.5. The first-order valence-electron chi connectivity index (χ1n) is 4.34. The van der Waals surface area contributed by atoms with Crippen LogP contribution in [0.15, 0.2) is 24.5 Å². The highest BCUT2D eigenvalue weighted by molar-refractivity contribution is 5.48. The molecule has 3 nitrogen and oxygen atoms in total. The van der Waals surface area contributed by atoms with Crippen molar-refractivity contribution in [3.63, 3.8) is 0 Å². The number of aromatic nitrogens is 2. The first kappa shape index (κ1) is 9.64. The number of nitrogen functional groups attached to an aromatic ring is 1. The maximum Gasteiger partial charge on any atom is 0.152 e. The molecule has 0 fully saturated rings. The molecule has 0 spiro atoms. The van der Waals surface area contributed by atoms with Crippen molar-refractivity contribution in [1.29, 1.82) is 0 Å². The largest absolute Gasteiger partial charge is 0.399 e. The van der Waals surface area contributed by atoms with Gasteiger partial charge in [0.25, 0.3) is 0 Å². The normalized spacial score (nSPS) is 10.6. The van der Waals surface area contributed by atoms with Gasteiger partial charge in [-0.15, -0.1) is 0 Å². The number of nitrogens with two attached hydrogens (primary N) is 1. The number of anilines is 1. The van der Waals surface area contributed by atoms with E-state index in [9.17, 15) is 8.78 Å². The molecule has 0 amide bonds. The van der Waals surface area contributed by atoms with Gasteiger partial charge in [0.15, 0.2) is 11.6 Å². The van der Waals surface area contributed by atoms with E-state index in [0.29, 0.717) is 5.82 Å². The van der Waals surface area contributed by atoms with E-state index in [1.807, 2.05) is 0 Å². The van der Waals surface area contributed by atoms with Crippen LogP contribution < -0.4 is 5.73 Å². The summed E-state index contributed by atoms with van der Waals surface area (Å²) in [5.74, 6) is -0.889. The van der Waals surface area contributed by atoms with Crippen LogP contribution in [0.2, 0.25) is 0 Å². The number of imidazole rings is 1. The minimum absolute atomic E-state index is 0.0616. The molecular weight excluding hydrogens is 200 g/mol. The predicted octanol–water partition coefficient (Wildman–Crippen LogP) is 2.04. The number of nitrogens with zero attached hydrogens (tertiary/aromatic N) is 2. The summed E-state index contributed by atoms with van der Waals surface area (Å²) < 4.78 is 28.3. The fraction of sp³-hybridized carbons (Fsp3) is 0.100. The van der Waals surface area contributed by atoms with E-state index < -0.39 is 11.6 Å². The quantitative estimate of drug-likeness (QED) is 0.730. The Labute approximate surface area is 85.2 Å². The summed E-state index contributed by atoms with van der Waals surface area (Å²) >= 11 is 0. The van der Waals surface area contributed by atoms with Gasteiger partial charge >= 0.3 is 0 Å². The van der Waals surface area contributed by atoms with Crippen LogP contribution in [-0.2, 0) is 0 Å². The van der Waals surface area contributed by atoms with Crippen LogP contribution in [-0.4, -0.2) is 9.55 Å². The molecule has 2 rings (SSSR count). The van der Waals surface area contributed by atoms with Gasteiger partial charge in [0.2, 0.25) is 0 Å². The van der Waals surface area contributed by atoms with Crippen molar-refractivity contribution in [3.05, 3.63) is 42.0 Å². The van der Waals surface area contributed by atoms with Gasteiger partial charge in [-0.25, -0.2) is 13.8 Å². The van der Waals surface area contributed by atoms with Crippen molar-refractivity contribution >= 4 is 5.69 Å². The third kappa shape index (κ3) is 1.56. The molecule has 0 saturated heterocycles. The predicted molar refractivity (Wildman–Crippen MR) is 52.6 cm³/mol. The van der Waals surface area contributed by atoms with Crippen LogP contribution in [0.4, 0.5) is 14.5 Å². The molecule has 0 bridgehead atoms. The zero-order chi connectivity index (χ0) is 11.0. The highest BCUT2D eigenvalue weighted by atomic mass is 19.1. The van der Waals surface area contributed by atoms with E-state index in [1.165, 1.54) is 17.0 Å². The third-order valence-electron chi connectivity index (χ3n) is 2.11. The number of halogens is 2. The topological polar surface area (TPSA) is 43.8 Å². The lowest BCUT2D eigenvalue weighted by molar-refractivity contribution is 0.568. The Morgan fingerprint density at radius 3 is 2.33 bits per heavy atom. The van der Waals surface area contributed by atoms with Crippen molar-refractivity contribution < 1.29 is 8.78 Å². The summed E-state index contributed by atoms with van der Waals surface area (Å²) in [7, 11) is 0. The molecule has 0 saturated carbocycles. The Balaban J connectivity index is 2.68. The Morgan fingerprint density at radius 2 is 1.87 bits per heavy atom. The Morgan fingerprint density at radius 1 is 1.27 bits per heavy atom. The minimum atomic E-state index is -0.700. The molecule has 78 valence electrons. The van der Waals surface area contributed by atoms with Gasteiger partial charge in [0.05, 0.1) is 0 Å². The van der Waals surface area contributed by atoms with E-state index in [1.54, 1.807) is 6.92 Å². The second-order valence-corrected chi connectivity index (χ2v) is 3.18.